The highest BCUT2D eigenvalue weighted by atomic mass is 16.2. The number of amides is 2. The van der Waals surface area contributed by atoms with Crippen molar-refractivity contribution in [3.05, 3.63) is 74.6 Å². The highest BCUT2D eigenvalue weighted by molar-refractivity contribution is 5.94. The Kier molecular flexibility index (Phi) is 6.39. The Morgan fingerprint density at radius 3 is 2.24 bits per heavy atom. The molecule has 33 heavy (non-hydrogen) atoms. The highest BCUT2D eigenvalue weighted by Crippen LogP contribution is 2.13. The standard InChI is InChI=1S/C24H27N5O4/c1-26-21-18(22(31)27(2)24(26)33)11-12-19(25-21)23(32)29-15-13-28(14-16-29)20(30)10-6-9-17-7-4-3-5-8-17/h3-5,7-8,11-12H,6,9-10,13-16H2,1-2H3. The van der Waals surface area contributed by atoms with Gasteiger partial charge in [0.2, 0.25) is 5.91 Å². The Morgan fingerprint density at radius 1 is 0.879 bits per heavy atom. The summed E-state index contributed by atoms with van der Waals surface area (Å²) in [7, 11) is 2.93. The predicted octanol–water partition coefficient (Wildman–Crippen LogP) is 0.939. The number of carbonyl (C=O) groups excluding carboxylic acids is 2. The predicted molar refractivity (Wildman–Crippen MR) is 124 cm³/mol. The number of hydrogen-bond donors (Lipinski definition) is 0. The van der Waals surface area contributed by atoms with Gasteiger partial charge in [-0.3, -0.25) is 23.5 Å². The summed E-state index contributed by atoms with van der Waals surface area (Å²) in [5.41, 5.74) is 0.636. The van der Waals surface area contributed by atoms with Gasteiger partial charge in [-0.2, -0.15) is 0 Å². The van der Waals surface area contributed by atoms with Crippen LogP contribution in [0.2, 0.25) is 0 Å². The molecule has 0 radical (unpaired) electrons. The Balaban J connectivity index is 1.37. The van der Waals surface area contributed by atoms with E-state index in [1.54, 1.807) is 9.80 Å². The minimum Gasteiger partial charge on any atom is -0.339 e. The molecule has 2 aromatic heterocycles. The summed E-state index contributed by atoms with van der Waals surface area (Å²) in [6.07, 6.45) is 2.14. The molecule has 3 aromatic rings. The molecular weight excluding hydrogens is 422 g/mol. The molecule has 1 aliphatic heterocycles. The van der Waals surface area contributed by atoms with Gasteiger partial charge in [0.15, 0.2) is 0 Å². The van der Waals surface area contributed by atoms with Crippen LogP contribution in [0.5, 0.6) is 0 Å². The van der Waals surface area contributed by atoms with E-state index in [-0.39, 0.29) is 28.5 Å². The molecule has 1 aliphatic rings. The second kappa shape index (κ2) is 9.40. The Morgan fingerprint density at radius 2 is 1.55 bits per heavy atom. The number of pyridine rings is 1. The number of carbonyl (C=O) groups is 2. The molecule has 1 fully saturated rings. The van der Waals surface area contributed by atoms with Gasteiger partial charge in [0.1, 0.15) is 11.3 Å². The largest absolute Gasteiger partial charge is 0.339 e. The SMILES string of the molecule is Cn1c(=O)c2ccc(C(=O)N3CCN(C(=O)CCCc4ccccc4)CC3)nc2n(C)c1=O. The number of piperazine rings is 1. The smallest absolute Gasteiger partial charge is 0.332 e. The van der Waals surface area contributed by atoms with E-state index >= 15 is 0 Å². The van der Waals surface area contributed by atoms with E-state index in [0.29, 0.717) is 32.6 Å². The molecule has 9 nitrogen and oxygen atoms in total. The Bertz CT molecular complexity index is 1300. The summed E-state index contributed by atoms with van der Waals surface area (Å²) in [6, 6.07) is 13.1. The number of fused-ring (bicyclic) bond motifs is 1. The number of aryl methyl sites for hydroxylation is 2. The molecule has 172 valence electrons. The van der Waals surface area contributed by atoms with Crippen LogP contribution in [0.3, 0.4) is 0 Å². The minimum atomic E-state index is -0.496. The van der Waals surface area contributed by atoms with Gasteiger partial charge in [-0.15, -0.1) is 0 Å². The number of rotatable bonds is 5. The monoisotopic (exact) mass is 449 g/mol. The topological polar surface area (TPSA) is 97.5 Å². The van der Waals surface area contributed by atoms with Crippen LogP contribution in [0, 0.1) is 0 Å². The minimum absolute atomic E-state index is 0.104. The van der Waals surface area contributed by atoms with Crippen LogP contribution < -0.4 is 11.2 Å². The molecule has 0 unspecified atom stereocenters. The molecule has 0 saturated carbocycles. The summed E-state index contributed by atoms with van der Waals surface area (Å²) in [4.78, 5) is 57.8. The summed E-state index contributed by atoms with van der Waals surface area (Å²) >= 11 is 0. The number of benzene rings is 1. The molecule has 9 heteroatoms. The third kappa shape index (κ3) is 4.57. The van der Waals surface area contributed by atoms with Crippen molar-refractivity contribution < 1.29 is 9.59 Å². The third-order valence-electron chi connectivity index (χ3n) is 6.14. The Labute approximate surface area is 190 Å². The van der Waals surface area contributed by atoms with Gasteiger partial charge in [-0.1, -0.05) is 30.3 Å². The lowest BCUT2D eigenvalue weighted by Gasteiger charge is -2.34. The fraction of sp³-hybridized carbons (Fsp3) is 0.375. The van der Waals surface area contributed by atoms with E-state index in [1.807, 2.05) is 18.2 Å². The first-order valence-electron chi connectivity index (χ1n) is 11.0. The average Bonchev–Trinajstić information content (AvgIpc) is 2.86. The molecule has 3 heterocycles. The van der Waals surface area contributed by atoms with Crippen LogP contribution in [0.15, 0.2) is 52.1 Å². The first kappa shape index (κ1) is 22.4. The van der Waals surface area contributed by atoms with Gasteiger partial charge >= 0.3 is 5.69 Å². The van der Waals surface area contributed by atoms with Gasteiger partial charge in [-0.25, -0.2) is 9.78 Å². The van der Waals surface area contributed by atoms with E-state index < -0.39 is 11.2 Å². The molecule has 1 saturated heterocycles. The molecule has 1 aromatic carbocycles. The zero-order chi connectivity index (χ0) is 23.5. The number of hydrogen-bond acceptors (Lipinski definition) is 5. The molecule has 0 spiro atoms. The Hall–Kier alpha value is -3.75. The lowest BCUT2D eigenvalue weighted by molar-refractivity contribution is -0.132. The molecule has 0 N–H and O–H groups in total. The highest BCUT2D eigenvalue weighted by Gasteiger charge is 2.26. The number of aromatic nitrogens is 3. The maximum atomic E-state index is 13.0. The van der Waals surface area contributed by atoms with Gasteiger partial charge in [-0.05, 0) is 30.5 Å². The molecule has 2 amide bonds. The summed E-state index contributed by atoms with van der Waals surface area (Å²) in [5, 5.41) is 0.280. The lowest BCUT2D eigenvalue weighted by Crippen LogP contribution is -2.50. The van der Waals surface area contributed by atoms with Crippen molar-refractivity contribution >= 4 is 22.8 Å². The van der Waals surface area contributed by atoms with Crippen molar-refractivity contribution in [2.75, 3.05) is 26.2 Å². The van der Waals surface area contributed by atoms with Crippen molar-refractivity contribution in [2.24, 2.45) is 14.1 Å². The third-order valence-corrected chi connectivity index (χ3v) is 6.14. The normalized spacial score (nSPS) is 14.0. The van der Waals surface area contributed by atoms with Crippen molar-refractivity contribution in [1.29, 1.82) is 0 Å². The van der Waals surface area contributed by atoms with Crippen LogP contribution in [0.1, 0.15) is 28.9 Å². The van der Waals surface area contributed by atoms with Crippen LogP contribution in [-0.2, 0) is 25.3 Å². The second-order valence-corrected chi connectivity index (χ2v) is 8.29. The quantitative estimate of drug-likeness (QED) is 0.578. The van der Waals surface area contributed by atoms with Crippen LogP contribution in [0.25, 0.3) is 11.0 Å². The number of nitrogens with zero attached hydrogens (tertiary/aromatic N) is 5. The van der Waals surface area contributed by atoms with E-state index in [2.05, 4.69) is 17.1 Å². The zero-order valence-corrected chi connectivity index (χ0v) is 18.9. The van der Waals surface area contributed by atoms with Crippen LogP contribution in [0.4, 0.5) is 0 Å². The van der Waals surface area contributed by atoms with Crippen molar-refractivity contribution in [1.82, 2.24) is 23.9 Å². The molecule has 0 aliphatic carbocycles. The van der Waals surface area contributed by atoms with E-state index in [4.69, 9.17) is 0 Å². The fourth-order valence-corrected chi connectivity index (χ4v) is 4.14. The van der Waals surface area contributed by atoms with E-state index in [1.165, 1.54) is 36.4 Å². The summed E-state index contributed by atoms with van der Waals surface area (Å²) in [5.74, 6) is -0.172. The molecule has 4 rings (SSSR count). The van der Waals surface area contributed by atoms with E-state index in [0.717, 1.165) is 17.4 Å². The second-order valence-electron chi connectivity index (χ2n) is 8.29. The lowest BCUT2D eigenvalue weighted by atomic mass is 10.1. The van der Waals surface area contributed by atoms with Crippen molar-refractivity contribution in [2.45, 2.75) is 19.3 Å². The van der Waals surface area contributed by atoms with Crippen molar-refractivity contribution in [3.63, 3.8) is 0 Å². The van der Waals surface area contributed by atoms with E-state index in [9.17, 15) is 19.2 Å². The average molecular weight is 450 g/mol. The molecule has 0 bridgehead atoms. The van der Waals surface area contributed by atoms with Gasteiger partial charge in [0.05, 0.1) is 5.39 Å². The van der Waals surface area contributed by atoms with Gasteiger partial charge < -0.3 is 9.80 Å². The first-order valence-corrected chi connectivity index (χ1v) is 11.0. The zero-order valence-electron chi connectivity index (χ0n) is 18.9. The van der Waals surface area contributed by atoms with Crippen molar-refractivity contribution in [3.8, 4) is 0 Å². The first-order chi connectivity index (χ1) is 15.9. The molecular formula is C24H27N5O4. The van der Waals surface area contributed by atoms with Crippen LogP contribution >= 0.6 is 0 Å². The molecule has 0 atom stereocenters. The maximum absolute atomic E-state index is 13.0. The van der Waals surface area contributed by atoms with Gasteiger partial charge in [0.25, 0.3) is 11.5 Å². The maximum Gasteiger partial charge on any atom is 0.332 e. The fourth-order valence-electron chi connectivity index (χ4n) is 4.14. The summed E-state index contributed by atoms with van der Waals surface area (Å²) in [6.45, 7) is 1.78. The summed E-state index contributed by atoms with van der Waals surface area (Å²) < 4.78 is 2.28. The van der Waals surface area contributed by atoms with Crippen LogP contribution in [-0.4, -0.2) is 61.9 Å². The van der Waals surface area contributed by atoms with Gasteiger partial charge in [0, 0.05) is 46.7 Å².